The topological polar surface area (TPSA) is 100 Å². The molecule has 5 heterocycles. The fourth-order valence-electron chi connectivity index (χ4n) is 6.24. The lowest BCUT2D eigenvalue weighted by molar-refractivity contribution is -0.0367. The van der Waals surface area contributed by atoms with Crippen molar-refractivity contribution in [1.82, 2.24) is 24.7 Å². The van der Waals surface area contributed by atoms with Crippen molar-refractivity contribution in [3.63, 3.8) is 0 Å². The van der Waals surface area contributed by atoms with Crippen molar-refractivity contribution in [3.8, 4) is 11.1 Å². The molecule has 11 heteroatoms. The number of nitrogens with zero attached hydrogens (tertiary/aromatic N) is 4. The lowest BCUT2D eigenvalue weighted by Gasteiger charge is -2.45. The Bertz CT molecular complexity index is 1550. The number of hydrogen-bond acceptors (Lipinski definition) is 6. The van der Waals surface area contributed by atoms with Crippen molar-refractivity contribution >= 4 is 34.8 Å². The molecule has 2 fully saturated rings. The minimum atomic E-state index is -0.633. The van der Waals surface area contributed by atoms with Crippen molar-refractivity contribution in [2.24, 2.45) is 0 Å². The Morgan fingerprint density at radius 2 is 1.88 bits per heavy atom. The Balaban J connectivity index is 1.42. The van der Waals surface area contributed by atoms with Crippen LogP contribution in [-0.2, 0) is 27.2 Å². The number of fused-ring (bicyclic) bond motifs is 2. The second-order valence-electron chi connectivity index (χ2n) is 13.2. The van der Waals surface area contributed by atoms with E-state index >= 15 is 0 Å². The van der Waals surface area contributed by atoms with Gasteiger partial charge in [-0.05, 0) is 75.4 Å². The molecule has 0 radical (unpaired) electrons. The molecule has 0 unspecified atom stereocenters. The summed E-state index contributed by atoms with van der Waals surface area (Å²) in [7, 11) is 0. The van der Waals surface area contributed by atoms with E-state index in [4.69, 9.17) is 25.8 Å². The lowest BCUT2D eigenvalue weighted by atomic mass is 9.87. The van der Waals surface area contributed by atoms with Gasteiger partial charge in [-0.25, -0.2) is 14.6 Å². The lowest BCUT2D eigenvalue weighted by Crippen LogP contribution is -2.59. The molecule has 3 aromatic rings. The number of carbonyl (C=O) groups is 2. The number of nitrogens with one attached hydrogen (secondary N) is 1. The maximum Gasteiger partial charge on any atom is 0.410 e. The predicted octanol–water partition coefficient (Wildman–Crippen LogP) is 5.78. The summed E-state index contributed by atoms with van der Waals surface area (Å²) in [5, 5.41) is 1.46. The molecule has 230 valence electrons. The van der Waals surface area contributed by atoms with Crippen LogP contribution in [0.25, 0.3) is 22.2 Å². The molecule has 1 atom stereocenters. The summed E-state index contributed by atoms with van der Waals surface area (Å²) in [6.07, 6.45) is 3.89. The van der Waals surface area contributed by atoms with Crippen LogP contribution in [0.1, 0.15) is 57.4 Å². The number of halogens is 1. The maximum atomic E-state index is 13.9. The molecule has 0 bridgehead atoms. The van der Waals surface area contributed by atoms with E-state index in [0.717, 1.165) is 38.9 Å². The molecule has 0 aliphatic carbocycles. The summed E-state index contributed by atoms with van der Waals surface area (Å²) >= 11 is 6.44. The number of benzene rings is 1. The van der Waals surface area contributed by atoms with Crippen LogP contribution in [0, 0.1) is 0 Å². The highest BCUT2D eigenvalue weighted by Crippen LogP contribution is 2.38. The first kappa shape index (κ1) is 29.7. The zero-order chi connectivity index (χ0) is 30.5. The molecule has 1 N–H and O–H groups in total. The average Bonchev–Trinajstić information content (AvgIpc) is 3.34. The van der Waals surface area contributed by atoms with Crippen molar-refractivity contribution < 1.29 is 23.8 Å². The molecule has 43 heavy (non-hydrogen) atoms. The Labute approximate surface area is 257 Å². The number of ether oxygens (including phenoxy) is 3. The molecule has 2 saturated heterocycles. The molecule has 0 spiro atoms. The van der Waals surface area contributed by atoms with Gasteiger partial charge >= 0.3 is 12.1 Å². The minimum Gasteiger partial charge on any atom is -0.444 e. The van der Waals surface area contributed by atoms with Crippen molar-refractivity contribution in [2.45, 2.75) is 64.8 Å². The first-order valence-electron chi connectivity index (χ1n) is 14.9. The Morgan fingerprint density at radius 1 is 1.09 bits per heavy atom. The van der Waals surface area contributed by atoms with Crippen LogP contribution in [0.15, 0.2) is 30.6 Å². The van der Waals surface area contributed by atoms with Gasteiger partial charge in [0.2, 0.25) is 0 Å². The van der Waals surface area contributed by atoms with Crippen LogP contribution in [0.5, 0.6) is 0 Å². The highest BCUT2D eigenvalue weighted by atomic mass is 35.5. The molecular formula is C32H40ClN5O5. The van der Waals surface area contributed by atoms with Crippen LogP contribution in [-0.4, -0.2) is 94.0 Å². The van der Waals surface area contributed by atoms with Gasteiger partial charge in [0.25, 0.3) is 0 Å². The predicted molar refractivity (Wildman–Crippen MR) is 164 cm³/mol. The first-order valence-corrected chi connectivity index (χ1v) is 15.3. The fraction of sp³-hybridized carbons (Fsp3) is 0.531. The number of morpholine rings is 2. The monoisotopic (exact) mass is 609 g/mol. The molecule has 1 aromatic carbocycles. The van der Waals surface area contributed by atoms with Crippen molar-refractivity contribution in [1.29, 1.82) is 0 Å². The Hall–Kier alpha value is -3.34. The average molecular weight is 610 g/mol. The largest absolute Gasteiger partial charge is 0.444 e. The second-order valence-corrected chi connectivity index (χ2v) is 13.6. The van der Waals surface area contributed by atoms with Crippen LogP contribution < -0.4 is 0 Å². The number of urea groups is 1. The quantitative estimate of drug-likeness (QED) is 0.395. The van der Waals surface area contributed by atoms with Gasteiger partial charge in [-0.1, -0.05) is 17.7 Å². The number of pyridine rings is 1. The van der Waals surface area contributed by atoms with Gasteiger partial charge in [0, 0.05) is 49.5 Å². The van der Waals surface area contributed by atoms with Gasteiger partial charge in [0.05, 0.1) is 43.0 Å². The summed E-state index contributed by atoms with van der Waals surface area (Å²) in [6, 6.07) is 5.97. The van der Waals surface area contributed by atoms with Crippen molar-refractivity contribution in [2.75, 3.05) is 46.1 Å². The highest BCUT2D eigenvalue weighted by molar-refractivity contribution is 6.35. The van der Waals surface area contributed by atoms with Gasteiger partial charge < -0.3 is 29.0 Å². The Kier molecular flexibility index (Phi) is 7.81. The summed E-state index contributed by atoms with van der Waals surface area (Å²) in [4.78, 5) is 40.7. The molecule has 10 nitrogen and oxygen atoms in total. The molecule has 3 aliphatic heterocycles. The SMILES string of the molecule is CC(C)(C)OC(=O)N1CCOC[C@H]1c1cc(-c2cnc3[nH]cc(Cl)c3c2)cc2c1CN(C(=O)N1CCOCC1(C)C)CC2. The summed E-state index contributed by atoms with van der Waals surface area (Å²) in [6.45, 7) is 13.5. The van der Waals surface area contributed by atoms with Gasteiger partial charge in [0.15, 0.2) is 0 Å². The minimum absolute atomic E-state index is 0.00891. The number of aromatic amines is 1. The molecule has 0 saturated carbocycles. The maximum absolute atomic E-state index is 13.9. The summed E-state index contributed by atoms with van der Waals surface area (Å²) in [5.74, 6) is 0. The number of aromatic nitrogens is 2. The number of H-pyrrole nitrogens is 1. The van der Waals surface area contributed by atoms with E-state index in [1.807, 2.05) is 56.7 Å². The van der Waals surface area contributed by atoms with E-state index < -0.39 is 11.1 Å². The molecule has 6 rings (SSSR count). The smallest absolute Gasteiger partial charge is 0.410 e. The van der Waals surface area contributed by atoms with E-state index in [-0.39, 0.29) is 18.2 Å². The van der Waals surface area contributed by atoms with Gasteiger partial charge in [-0.15, -0.1) is 0 Å². The van der Waals surface area contributed by atoms with Crippen LogP contribution in [0.2, 0.25) is 5.02 Å². The molecule has 3 aliphatic rings. The number of rotatable bonds is 2. The third-order valence-electron chi connectivity index (χ3n) is 8.45. The normalized spacial score (nSPS) is 20.7. The van der Waals surface area contributed by atoms with Crippen molar-refractivity contribution in [3.05, 3.63) is 52.3 Å². The number of amides is 3. The van der Waals surface area contributed by atoms with E-state index in [1.165, 1.54) is 0 Å². The van der Waals surface area contributed by atoms with E-state index in [9.17, 15) is 9.59 Å². The van der Waals surface area contributed by atoms with E-state index in [0.29, 0.717) is 64.1 Å². The zero-order valence-corrected chi connectivity index (χ0v) is 26.3. The molecular weight excluding hydrogens is 570 g/mol. The third-order valence-corrected chi connectivity index (χ3v) is 8.77. The second kappa shape index (κ2) is 11.3. The summed E-state index contributed by atoms with van der Waals surface area (Å²) < 4.78 is 17.4. The number of hydrogen-bond donors (Lipinski definition) is 1. The fourth-order valence-corrected chi connectivity index (χ4v) is 6.44. The third kappa shape index (κ3) is 5.92. The molecule has 3 amide bonds. The van der Waals surface area contributed by atoms with Crippen LogP contribution in [0.3, 0.4) is 0 Å². The number of carbonyl (C=O) groups excluding carboxylic acids is 2. The highest BCUT2D eigenvalue weighted by Gasteiger charge is 2.39. The van der Waals surface area contributed by atoms with E-state index in [1.54, 1.807) is 11.1 Å². The standard InChI is InChI=1S/C32H40ClN5O5/c1-31(2,3)43-30(40)37-8-10-41-18-27(37)23-13-21(22-14-24-26(33)16-35-28(24)34-15-22)12-20-6-7-36(17-25(20)23)29(39)38-9-11-42-19-32(38,4)5/h12-16,27H,6-11,17-19H2,1-5H3,(H,34,35)/t27-/m0/s1. The van der Waals surface area contributed by atoms with Crippen LogP contribution in [0.4, 0.5) is 9.59 Å². The summed E-state index contributed by atoms with van der Waals surface area (Å²) in [5.41, 5.74) is 4.75. The van der Waals surface area contributed by atoms with Gasteiger partial charge in [-0.2, -0.15) is 0 Å². The van der Waals surface area contributed by atoms with Crippen LogP contribution >= 0.6 is 11.6 Å². The van der Waals surface area contributed by atoms with Gasteiger partial charge in [-0.3, -0.25) is 4.90 Å². The van der Waals surface area contributed by atoms with E-state index in [2.05, 4.69) is 22.1 Å². The zero-order valence-electron chi connectivity index (χ0n) is 25.5. The van der Waals surface area contributed by atoms with Gasteiger partial charge in [0.1, 0.15) is 11.2 Å². The first-order chi connectivity index (χ1) is 20.4. The Morgan fingerprint density at radius 3 is 2.65 bits per heavy atom. The molecule has 2 aromatic heterocycles.